The Bertz CT molecular complexity index is 2250. The summed E-state index contributed by atoms with van der Waals surface area (Å²) in [5.41, 5.74) is 11.2. The fraction of sp³-hybridized carbons (Fsp3) is 0.0250. The van der Waals surface area contributed by atoms with Crippen LogP contribution in [0.15, 0.2) is 162 Å². The van der Waals surface area contributed by atoms with Gasteiger partial charge in [-0.3, -0.25) is 4.40 Å². The Balaban J connectivity index is 1.35. The molecule has 2 aromatic heterocycles. The zero-order chi connectivity index (χ0) is 28.4. The zero-order valence-corrected chi connectivity index (χ0v) is 23.3. The molecular formula is C40H26N2O. The molecule has 8 aromatic rings. The molecule has 0 fully saturated rings. The van der Waals surface area contributed by atoms with Gasteiger partial charge in [0.1, 0.15) is 12.0 Å². The third-order valence-corrected chi connectivity index (χ3v) is 9.02. The van der Waals surface area contributed by atoms with Gasteiger partial charge in [-0.25, -0.2) is 0 Å². The van der Waals surface area contributed by atoms with E-state index in [9.17, 15) is 0 Å². The topological polar surface area (TPSA) is 30.4 Å². The van der Waals surface area contributed by atoms with Gasteiger partial charge in [0, 0.05) is 17.3 Å². The minimum Gasteiger partial charge on any atom is -0.432 e. The first-order valence-electron chi connectivity index (χ1n) is 14.6. The molecule has 0 N–H and O–H groups in total. The predicted octanol–water partition coefficient (Wildman–Crippen LogP) is 9.78. The van der Waals surface area contributed by atoms with Crippen LogP contribution in [0.5, 0.6) is 0 Å². The molecule has 0 unspecified atom stereocenters. The third kappa shape index (κ3) is 3.39. The predicted molar refractivity (Wildman–Crippen MR) is 173 cm³/mol. The minimum absolute atomic E-state index is 0.465. The molecule has 0 atom stereocenters. The Kier molecular flexibility index (Phi) is 5.11. The monoisotopic (exact) mass is 550 g/mol. The molecule has 0 spiro atoms. The van der Waals surface area contributed by atoms with Gasteiger partial charge in [0.05, 0.1) is 11.1 Å². The van der Waals surface area contributed by atoms with Gasteiger partial charge in [0.2, 0.25) is 0 Å². The molecule has 6 aromatic carbocycles. The lowest BCUT2D eigenvalue weighted by molar-refractivity contribution is 0.596. The van der Waals surface area contributed by atoms with Crippen LogP contribution in [0, 0.1) is 0 Å². The SMILES string of the molecule is c1ccc(C2(c3ccccc3)c3ccccc3-c3ccc(-c4c(-c5ccc6ccccc6c5)nc5occn45)cc32)cc1. The van der Waals surface area contributed by atoms with Crippen molar-refractivity contribution in [1.29, 1.82) is 0 Å². The summed E-state index contributed by atoms with van der Waals surface area (Å²) in [5.74, 6) is 0.583. The number of nitrogens with zero attached hydrogens (tertiary/aromatic N) is 2. The maximum absolute atomic E-state index is 5.84. The summed E-state index contributed by atoms with van der Waals surface area (Å²) < 4.78 is 7.91. The van der Waals surface area contributed by atoms with Crippen molar-refractivity contribution in [2.45, 2.75) is 5.41 Å². The quantitative estimate of drug-likeness (QED) is 0.218. The fourth-order valence-electron chi connectivity index (χ4n) is 7.19. The van der Waals surface area contributed by atoms with Crippen molar-refractivity contribution in [2.75, 3.05) is 0 Å². The smallest absolute Gasteiger partial charge is 0.306 e. The number of benzene rings is 6. The molecule has 202 valence electrons. The van der Waals surface area contributed by atoms with E-state index >= 15 is 0 Å². The van der Waals surface area contributed by atoms with Crippen LogP contribution in [0.3, 0.4) is 0 Å². The number of aromatic nitrogens is 2. The standard InChI is InChI=1S/C40H26N2O/c1-3-13-31(14-4-1)40(32-15-5-2-6-16-32)35-18-10-9-17-33(35)34-22-21-30(26-36(34)40)38-37(41-39-42(38)23-24-43-39)29-20-19-27-11-7-8-12-28(27)25-29/h1-26H. The first-order valence-corrected chi connectivity index (χ1v) is 14.6. The second-order valence-electron chi connectivity index (χ2n) is 11.2. The number of rotatable bonds is 4. The lowest BCUT2D eigenvalue weighted by atomic mass is 9.67. The highest BCUT2D eigenvalue weighted by atomic mass is 16.3. The van der Waals surface area contributed by atoms with Crippen LogP contribution in [-0.2, 0) is 5.41 Å². The fourth-order valence-corrected chi connectivity index (χ4v) is 7.19. The van der Waals surface area contributed by atoms with Gasteiger partial charge in [-0.1, -0.05) is 133 Å². The van der Waals surface area contributed by atoms with Gasteiger partial charge in [-0.2, -0.15) is 4.98 Å². The van der Waals surface area contributed by atoms with Crippen LogP contribution >= 0.6 is 0 Å². The molecule has 0 saturated heterocycles. The highest BCUT2D eigenvalue weighted by Crippen LogP contribution is 2.56. The molecule has 0 amide bonds. The van der Waals surface area contributed by atoms with E-state index in [-0.39, 0.29) is 0 Å². The highest BCUT2D eigenvalue weighted by molar-refractivity contribution is 5.92. The Morgan fingerprint density at radius 3 is 1.98 bits per heavy atom. The second kappa shape index (κ2) is 9.17. The lowest BCUT2D eigenvalue weighted by Crippen LogP contribution is -2.28. The van der Waals surface area contributed by atoms with E-state index in [1.807, 2.05) is 6.20 Å². The van der Waals surface area contributed by atoms with Crippen LogP contribution in [0.2, 0.25) is 0 Å². The Hall–Kier alpha value is -5.67. The number of hydrogen-bond acceptors (Lipinski definition) is 2. The number of imidazole rings is 1. The molecule has 0 saturated carbocycles. The average molecular weight is 551 g/mol. The molecule has 3 heteroatoms. The van der Waals surface area contributed by atoms with E-state index in [1.54, 1.807) is 6.26 Å². The summed E-state index contributed by atoms with van der Waals surface area (Å²) in [5, 5.41) is 2.40. The lowest BCUT2D eigenvalue weighted by Gasteiger charge is -2.34. The van der Waals surface area contributed by atoms with Crippen LogP contribution in [0.1, 0.15) is 22.3 Å². The maximum atomic E-state index is 5.84. The number of fused-ring (bicyclic) bond motifs is 5. The van der Waals surface area contributed by atoms with Gasteiger partial charge in [0.15, 0.2) is 0 Å². The summed E-state index contributed by atoms with van der Waals surface area (Å²) in [7, 11) is 0. The first-order chi connectivity index (χ1) is 21.3. The molecular weight excluding hydrogens is 524 g/mol. The number of hydrogen-bond donors (Lipinski definition) is 0. The maximum Gasteiger partial charge on any atom is 0.306 e. The highest BCUT2D eigenvalue weighted by Gasteiger charge is 2.46. The zero-order valence-electron chi connectivity index (χ0n) is 23.3. The van der Waals surface area contributed by atoms with Crippen LogP contribution in [0.25, 0.3) is 50.3 Å². The van der Waals surface area contributed by atoms with Crippen molar-refractivity contribution in [3.8, 4) is 33.6 Å². The van der Waals surface area contributed by atoms with E-state index in [0.29, 0.717) is 5.84 Å². The second-order valence-corrected chi connectivity index (χ2v) is 11.2. The van der Waals surface area contributed by atoms with Crippen molar-refractivity contribution in [3.05, 3.63) is 180 Å². The van der Waals surface area contributed by atoms with Crippen molar-refractivity contribution < 1.29 is 4.42 Å². The van der Waals surface area contributed by atoms with Gasteiger partial charge in [-0.05, 0) is 56.3 Å². The van der Waals surface area contributed by atoms with Crippen molar-refractivity contribution >= 4 is 16.6 Å². The molecule has 9 rings (SSSR count). The van der Waals surface area contributed by atoms with Crippen molar-refractivity contribution in [3.63, 3.8) is 0 Å². The molecule has 2 heterocycles. The van der Waals surface area contributed by atoms with Crippen molar-refractivity contribution in [1.82, 2.24) is 9.38 Å². The molecule has 3 nitrogen and oxygen atoms in total. The van der Waals surface area contributed by atoms with Gasteiger partial charge >= 0.3 is 5.84 Å². The van der Waals surface area contributed by atoms with Crippen LogP contribution in [-0.4, -0.2) is 9.38 Å². The van der Waals surface area contributed by atoms with Gasteiger partial charge < -0.3 is 4.42 Å². The van der Waals surface area contributed by atoms with E-state index in [4.69, 9.17) is 9.40 Å². The Morgan fingerprint density at radius 1 is 0.535 bits per heavy atom. The molecule has 43 heavy (non-hydrogen) atoms. The largest absolute Gasteiger partial charge is 0.432 e. The third-order valence-electron chi connectivity index (χ3n) is 9.02. The van der Waals surface area contributed by atoms with E-state index in [2.05, 4.69) is 150 Å². The van der Waals surface area contributed by atoms with E-state index in [0.717, 1.165) is 22.5 Å². The summed E-state index contributed by atoms with van der Waals surface area (Å²) in [6, 6.07) is 52.6. The molecule has 0 radical (unpaired) electrons. The normalized spacial score (nSPS) is 13.3. The first kappa shape index (κ1) is 24.0. The van der Waals surface area contributed by atoms with Crippen molar-refractivity contribution in [2.24, 2.45) is 0 Å². The molecule has 1 aliphatic carbocycles. The minimum atomic E-state index is -0.465. The molecule has 1 aliphatic rings. The van der Waals surface area contributed by atoms with E-state index in [1.165, 1.54) is 44.2 Å². The van der Waals surface area contributed by atoms with Gasteiger partial charge in [-0.15, -0.1) is 0 Å². The summed E-state index contributed by atoms with van der Waals surface area (Å²) in [4.78, 5) is 5.01. The Labute approximate surface area is 249 Å². The van der Waals surface area contributed by atoms with Gasteiger partial charge in [0.25, 0.3) is 0 Å². The average Bonchev–Trinajstić information content (AvgIpc) is 3.76. The summed E-state index contributed by atoms with van der Waals surface area (Å²) >= 11 is 0. The summed E-state index contributed by atoms with van der Waals surface area (Å²) in [6.07, 6.45) is 3.67. The van der Waals surface area contributed by atoms with Crippen LogP contribution < -0.4 is 0 Å². The number of oxazole rings is 1. The molecule has 0 aliphatic heterocycles. The van der Waals surface area contributed by atoms with E-state index < -0.39 is 5.41 Å². The Morgan fingerprint density at radius 2 is 1.19 bits per heavy atom. The van der Waals surface area contributed by atoms with Crippen LogP contribution in [0.4, 0.5) is 0 Å². The summed E-state index contributed by atoms with van der Waals surface area (Å²) in [6.45, 7) is 0. The molecule has 0 bridgehead atoms.